The van der Waals surface area contributed by atoms with E-state index in [0.29, 0.717) is 12.2 Å². The van der Waals surface area contributed by atoms with Gasteiger partial charge >= 0.3 is 0 Å². The van der Waals surface area contributed by atoms with Crippen molar-refractivity contribution in [1.29, 1.82) is 0 Å². The number of allylic oxidation sites excluding steroid dienone is 1. The largest absolute Gasteiger partial charge is 0.432 e. The maximum atomic E-state index is 12.5. The topological polar surface area (TPSA) is 9.23 Å². The summed E-state index contributed by atoms with van der Waals surface area (Å²) in [7, 11) is 0. The van der Waals surface area contributed by atoms with Crippen molar-refractivity contribution < 1.29 is 9.13 Å². The molecule has 1 aliphatic rings. The average molecular weight is 150 g/mol. The van der Waals surface area contributed by atoms with Crippen LogP contribution in [0.4, 0.5) is 4.39 Å². The highest BCUT2D eigenvalue weighted by Gasteiger charge is 2.09. The molecule has 1 aromatic rings. The molecular weight excluding hydrogens is 143 g/mol. The fourth-order valence-electron chi connectivity index (χ4n) is 1.11. The molecule has 0 bridgehead atoms. The van der Waals surface area contributed by atoms with Crippen LogP contribution in [0.25, 0.3) is 0 Å². The molecule has 1 nitrogen and oxygen atoms in total. The van der Waals surface area contributed by atoms with Crippen LogP contribution in [0.2, 0.25) is 0 Å². The molecule has 2 rings (SSSR count). The molecule has 0 radical (unpaired) electrons. The Hall–Kier alpha value is -1.31. The number of hydrogen-bond acceptors (Lipinski definition) is 1. The molecule has 0 fully saturated rings. The zero-order chi connectivity index (χ0) is 7.68. The minimum absolute atomic E-state index is 0.497. The van der Waals surface area contributed by atoms with Crippen molar-refractivity contribution in [3.8, 4) is 5.75 Å². The highest BCUT2D eigenvalue weighted by Crippen LogP contribution is 2.25. The lowest BCUT2D eigenvalue weighted by molar-refractivity contribution is 0.290. The predicted octanol–water partition coefficient (Wildman–Crippen LogP) is 2.43. The number of para-hydroxylation sites is 1. The Morgan fingerprint density at radius 2 is 2.09 bits per heavy atom. The summed E-state index contributed by atoms with van der Waals surface area (Å²) in [5.74, 6) is 0.632. The van der Waals surface area contributed by atoms with Crippen LogP contribution in [0.1, 0.15) is 5.56 Å². The van der Waals surface area contributed by atoms with Gasteiger partial charge in [0.1, 0.15) is 5.75 Å². The lowest BCUT2D eigenvalue weighted by atomic mass is 10.1. The van der Waals surface area contributed by atoms with Gasteiger partial charge in [-0.3, -0.25) is 0 Å². The third-order valence-corrected chi connectivity index (χ3v) is 1.66. The van der Waals surface area contributed by atoms with Crippen LogP contribution in [0, 0.1) is 0 Å². The van der Waals surface area contributed by atoms with Crippen molar-refractivity contribution >= 4 is 0 Å². The first-order valence-corrected chi connectivity index (χ1v) is 3.48. The third kappa shape index (κ3) is 1.11. The van der Waals surface area contributed by atoms with E-state index < -0.39 is 6.01 Å². The second kappa shape index (κ2) is 2.38. The van der Waals surface area contributed by atoms with Gasteiger partial charge in [0.2, 0.25) is 0 Å². The molecular formula is C9H7FO. The van der Waals surface area contributed by atoms with Crippen LogP contribution < -0.4 is 4.74 Å². The Morgan fingerprint density at radius 1 is 1.27 bits per heavy atom. The highest BCUT2D eigenvalue weighted by atomic mass is 19.1. The molecule has 0 unspecified atom stereocenters. The number of halogens is 1. The fourth-order valence-corrected chi connectivity index (χ4v) is 1.11. The first kappa shape index (κ1) is 6.40. The summed E-state index contributed by atoms with van der Waals surface area (Å²) in [6.45, 7) is 0. The fraction of sp³-hybridized carbons (Fsp3) is 0.111. The maximum Gasteiger partial charge on any atom is 0.274 e. The Kier molecular flexibility index (Phi) is 1.39. The number of benzene rings is 1. The van der Waals surface area contributed by atoms with Crippen LogP contribution in [0.3, 0.4) is 0 Å². The van der Waals surface area contributed by atoms with E-state index in [4.69, 9.17) is 4.74 Å². The summed E-state index contributed by atoms with van der Waals surface area (Å²) in [6.07, 6.45) is 2.06. The van der Waals surface area contributed by atoms with Crippen LogP contribution >= 0.6 is 0 Å². The molecule has 56 valence electrons. The minimum atomic E-state index is -0.497. The maximum absolute atomic E-state index is 12.5. The zero-order valence-corrected chi connectivity index (χ0v) is 5.88. The van der Waals surface area contributed by atoms with Crippen molar-refractivity contribution in [2.75, 3.05) is 0 Å². The van der Waals surface area contributed by atoms with E-state index in [0.717, 1.165) is 5.56 Å². The van der Waals surface area contributed by atoms with Crippen molar-refractivity contribution in [1.82, 2.24) is 0 Å². The second-order valence-electron chi connectivity index (χ2n) is 2.42. The first-order valence-electron chi connectivity index (χ1n) is 3.48. The van der Waals surface area contributed by atoms with Gasteiger partial charge in [0.25, 0.3) is 6.01 Å². The molecule has 0 saturated heterocycles. The van der Waals surface area contributed by atoms with Crippen molar-refractivity contribution in [3.63, 3.8) is 0 Å². The smallest absolute Gasteiger partial charge is 0.274 e. The van der Waals surface area contributed by atoms with Crippen molar-refractivity contribution in [3.05, 3.63) is 41.9 Å². The van der Waals surface area contributed by atoms with Gasteiger partial charge in [0.15, 0.2) is 0 Å². The molecule has 11 heavy (non-hydrogen) atoms. The summed E-state index contributed by atoms with van der Waals surface area (Å²) >= 11 is 0. The molecule has 0 saturated carbocycles. The number of fused-ring (bicyclic) bond motifs is 1. The third-order valence-electron chi connectivity index (χ3n) is 1.66. The quantitative estimate of drug-likeness (QED) is 0.552. The Labute approximate surface area is 64.1 Å². The standard InChI is InChI=1S/C9H7FO/c10-9-6-5-7-3-1-2-4-8(7)11-9/h1-4,6H,5H2. The summed E-state index contributed by atoms with van der Waals surface area (Å²) in [6, 6.07) is 6.94. The van der Waals surface area contributed by atoms with Gasteiger partial charge in [-0.05, 0) is 17.7 Å². The van der Waals surface area contributed by atoms with Crippen molar-refractivity contribution in [2.24, 2.45) is 0 Å². The molecule has 0 atom stereocenters. The molecule has 1 aromatic carbocycles. The van der Waals surface area contributed by atoms with Gasteiger partial charge in [-0.2, -0.15) is 4.39 Å². The van der Waals surface area contributed by atoms with E-state index in [-0.39, 0.29) is 0 Å². The van der Waals surface area contributed by atoms with Gasteiger partial charge in [0.05, 0.1) is 0 Å². The van der Waals surface area contributed by atoms with Crippen LogP contribution in [0.5, 0.6) is 5.75 Å². The number of rotatable bonds is 0. The Morgan fingerprint density at radius 3 is 3.00 bits per heavy atom. The minimum Gasteiger partial charge on any atom is -0.432 e. The summed E-state index contributed by atoms with van der Waals surface area (Å²) in [5, 5.41) is 0. The molecule has 0 amide bonds. The second-order valence-corrected chi connectivity index (χ2v) is 2.42. The van der Waals surface area contributed by atoms with Gasteiger partial charge in [-0.25, -0.2) is 0 Å². The monoisotopic (exact) mass is 150 g/mol. The van der Waals surface area contributed by atoms with Gasteiger partial charge in [-0.1, -0.05) is 18.2 Å². The van der Waals surface area contributed by atoms with E-state index >= 15 is 0 Å². The van der Waals surface area contributed by atoms with Crippen LogP contribution in [-0.2, 0) is 6.42 Å². The Bertz CT molecular complexity index is 304. The van der Waals surface area contributed by atoms with Gasteiger partial charge in [-0.15, -0.1) is 0 Å². The van der Waals surface area contributed by atoms with Gasteiger partial charge < -0.3 is 4.74 Å². The molecule has 0 N–H and O–H groups in total. The van der Waals surface area contributed by atoms with E-state index in [9.17, 15) is 4.39 Å². The molecule has 0 aliphatic carbocycles. The summed E-state index contributed by atoms with van der Waals surface area (Å²) in [4.78, 5) is 0. The predicted molar refractivity (Wildman–Crippen MR) is 40.0 cm³/mol. The molecule has 1 heterocycles. The lowest BCUT2D eigenvalue weighted by Crippen LogP contribution is -1.99. The summed E-state index contributed by atoms with van der Waals surface area (Å²) in [5.41, 5.74) is 1.04. The van der Waals surface area contributed by atoms with E-state index in [2.05, 4.69) is 0 Å². The Balaban J connectivity index is 2.42. The first-order chi connectivity index (χ1) is 5.36. The normalized spacial score (nSPS) is 14.8. The van der Waals surface area contributed by atoms with Crippen molar-refractivity contribution in [2.45, 2.75) is 6.42 Å². The SMILES string of the molecule is FC1=CCc2ccccc2O1. The number of hydrogen-bond donors (Lipinski definition) is 0. The van der Waals surface area contributed by atoms with E-state index in [1.54, 1.807) is 6.07 Å². The summed E-state index contributed by atoms with van der Waals surface area (Å²) < 4.78 is 17.3. The number of ether oxygens (including phenoxy) is 1. The lowest BCUT2D eigenvalue weighted by Gasteiger charge is -2.11. The zero-order valence-electron chi connectivity index (χ0n) is 5.88. The average Bonchev–Trinajstić information content (AvgIpc) is 2.04. The van der Waals surface area contributed by atoms with E-state index in [1.807, 2.05) is 18.2 Å². The van der Waals surface area contributed by atoms with Crippen LogP contribution in [-0.4, -0.2) is 0 Å². The van der Waals surface area contributed by atoms with Crippen LogP contribution in [0.15, 0.2) is 36.4 Å². The molecule has 0 spiro atoms. The highest BCUT2D eigenvalue weighted by molar-refractivity contribution is 5.37. The molecule has 0 aromatic heterocycles. The van der Waals surface area contributed by atoms with Gasteiger partial charge in [0, 0.05) is 6.42 Å². The van der Waals surface area contributed by atoms with E-state index in [1.165, 1.54) is 6.08 Å². The molecule has 1 aliphatic heterocycles. The molecule has 2 heteroatoms.